The lowest BCUT2D eigenvalue weighted by molar-refractivity contribution is 0.0576. The van der Waals surface area contributed by atoms with E-state index in [1.54, 1.807) is 0 Å². The van der Waals surface area contributed by atoms with E-state index in [2.05, 4.69) is 12.3 Å². The predicted molar refractivity (Wildman–Crippen MR) is 61.2 cm³/mol. The summed E-state index contributed by atoms with van der Waals surface area (Å²) >= 11 is 0. The molecule has 1 saturated carbocycles. The van der Waals surface area contributed by atoms with E-state index < -0.39 is 0 Å². The smallest absolute Gasteiger partial charge is 0.0468 e. The van der Waals surface area contributed by atoms with Crippen LogP contribution in [0.3, 0.4) is 0 Å². The van der Waals surface area contributed by atoms with Gasteiger partial charge in [0.2, 0.25) is 0 Å². The first kappa shape index (κ1) is 11.4. The maximum atomic E-state index is 5.68. The summed E-state index contributed by atoms with van der Waals surface area (Å²) in [5, 5.41) is 0. The molecule has 1 saturated heterocycles. The largest absolute Gasteiger partial charge is 0.381 e. The van der Waals surface area contributed by atoms with Crippen molar-refractivity contribution in [1.82, 2.24) is 5.43 Å². The number of hydrogen-bond acceptors (Lipinski definition) is 3. The zero-order valence-electron chi connectivity index (χ0n) is 9.74. The van der Waals surface area contributed by atoms with Crippen LogP contribution in [0.15, 0.2) is 0 Å². The van der Waals surface area contributed by atoms with Crippen LogP contribution in [0.25, 0.3) is 0 Å². The highest BCUT2D eigenvalue weighted by atomic mass is 16.5. The number of rotatable bonds is 5. The van der Waals surface area contributed by atoms with Crippen LogP contribution in [-0.2, 0) is 4.74 Å². The molecular weight excluding hydrogens is 188 g/mol. The molecule has 2 unspecified atom stereocenters. The summed E-state index contributed by atoms with van der Waals surface area (Å²) in [6.45, 7) is 4.24. The average Bonchev–Trinajstić information content (AvgIpc) is 3.10. The lowest BCUT2D eigenvalue weighted by atomic mass is 9.85. The Labute approximate surface area is 92.7 Å². The summed E-state index contributed by atoms with van der Waals surface area (Å²) in [4.78, 5) is 0. The molecule has 2 aliphatic rings. The van der Waals surface area contributed by atoms with E-state index in [-0.39, 0.29) is 0 Å². The fourth-order valence-electron chi connectivity index (χ4n) is 2.73. The van der Waals surface area contributed by atoms with Gasteiger partial charge >= 0.3 is 0 Å². The minimum absolute atomic E-state index is 0.514. The summed E-state index contributed by atoms with van der Waals surface area (Å²) in [6, 6.07) is 0.514. The first-order chi connectivity index (χ1) is 7.31. The van der Waals surface area contributed by atoms with Crippen LogP contribution >= 0.6 is 0 Å². The molecule has 2 atom stereocenters. The van der Waals surface area contributed by atoms with Gasteiger partial charge in [-0.05, 0) is 49.9 Å². The Morgan fingerprint density at radius 3 is 2.47 bits per heavy atom. The summed E-state index contributed by atoms with van der Waals surface area (Å²) in [7, 11) is 0. The molecule has 2 fully saturated rings. The van der Waals surface area contributed by atoms with Crippen LogP contribution in [0, 0.1) is 17.8 Å². The van der Waals surface area contributed by atoms with Crippen molar-refractivity contribution >= 4 is 0 Å². The number of nitrogens with one attached hydrogen (secondary N) is 1. The summed E-state index contributed by atoms with van der Waals surface area (Å²) in [5.41, 5.74) is 3.03. The van der Waals surface area contributed by atoms with Crippen molar-refractivity contribution in [1.29, 1.82) is 0 Å². The van der Waals surface area contributed by atoms with Crippen LogP contribution in [0.4, 0.5) is 0 Å². The van der Waals surface area contributed by atoms with Gasteiger partial charge in [0.05, 0.1) is 0 Å². The normalized spacial score (nSPS) is 27.6. The van der Waals surface area contributed by atoms with Crippen LogP contribution in [0.5, 0.6) is 0 Å². The molecule has 0 bridgehead atoms. The Morgan fingerprint density at radius 2 is 1.93 bits per heavy atom. The van der Waals surface area contributed by atoms with Crippen molar-refractivity contribution in [3.8, 4) is 0 Å². The molecule has 0 radical (unpaired) electrons. The van der Waals surface area contributed by atoms with Crippen molar-refractivity contribution in [2.75, 3.05) is 13.2 Å². The van der Waals surface area contributed by atoms with Gasteiger partial charge in [-0.15, -0.1) is 0 Å². The topological polar surface area (TPSA) is 47.3 Å². The third-order valence-corrected chi connectivity index (χ3v) is 4.14. The van der Waals surface area contributed by atoms with Gasteiger partial charge < -0.3 is 4.74 Å². The van der Waals surface area contributed by atoms with Gasteiger partial charge in [-0.2, -0.15) is 0 Å². The van der Waals surface area contributed by atoms with Crippen molar-refractivity contribution < 1.29 is 4.74 Å². The Morgan fingerprint density at radius 1 is 1.27 bits per heavy atom. The Bertz CT molecular complexity index is 188. The first-order valence-electron chi connectivity index (χ1n) is 6.35. The zero-order chi connectivity index (χ0) is 10.7. The second kappa shape index (κ2) is 5.28. The molecule has 1 aliphatic heterocycles. The van der Waals surface area contributed by atoms with Gasteiger partial charge in [0.25, 0.3) is 0 Å². The first-order valence-corrected chi connectivity index (χ1v) is 6.35. The number of nitrogens with two attached hydrogens (primary N) is 1. The van der Waals surface area contributed by atoms with Gasteiger partial charge in [-0.3, -0.25) is 11.3 Å². The highest BCUT2D eigenvalue weighted by Gasteiger charge is 2.34. The summed E-state index contributed by atoms with van der Waals surface area (Å²) in [5.74, 6) is 8.18. The summed E-state index contributed by atoms with van der Waals surface area (Å²) < 4.78 is 5.38. The van der Waals surface area contributed by atoms with E-state index in [1.807, 2.05) is 0 Å². The van der Waals surface area contributed by atoms with Crippen molar-refractivity contribution in [3.63, 3.8) is 0 Å². The van der Waals surface area contributed by atoms with Crippen LogP contribution in [0.1, 0.15) is 39.0 Å². The predicted octanol–water partition coefficient (Wildman–Crippen LogP) is 1.68. The van der Waals surface area contributed by atoms with Gasteiger partial charge in [0.15, 0.2) is 0 Å². The standard InChI is InChI=1S/C12H24N2O/c1-9(11-2-3-11)12(14-13)8-10-4-6-15-7-5-10/h9-12,14H,2-8,13H2,1H3. The molecule has 0 amide bonds. The number of hydrazine groups is 1. The zero-order valence-corrected chi connectivity index (χ0v) is 9.74. The van der Waals surface area contributed by atoms with Crippen molar-refractivity contribution in [2.24, 2.45) is 23.6 Å². The lowest BCUT2D eigenvalue weighted by Crippen LogP contribution is -2.42. The molecule has 0 aromatic carbocycles. The minimum atomic E-state index is 0.514. The van der Waals surface area contributed by atoms with E-state index in [0.717, 1.165) is 31.0 Å². The Hall–Kier alpha value is -0.120. The quantitative estimate of drug-likeness (QED) is 0.538. The van der Waals surface area contributed by atoms with E-state index in [4.69, 9.17) is 10.6 Å². The molecule has 2 rings (SSSR count). The molecule has 3 N–H and O–H groups in total. The van der Waals surface area contributed by atoms with Crippen molar-refractivity contribution in [3.05, 3.63) is 0 Å². The van der Waals surface area contributed by atoms with E-state index >= 15 is 0 Å². The van der Waals surface area contributed by atoms with Crippen LogP contribution in [0.2, 0.25) is 0 Å². The lowest BCUT2D eigenvalue weighted by Gasteiger charge is -2.29. The fraction of sp³-hybridized carbons (Fsp3) is 1.00. The van der Waals surface area contributed by atoms with Crippen LogP contribution in [-0.4, -0.2) is 19.3 Å². The average molecular weight is 212 g/mol. The maximum Gasteiger partial charge on any atom is 0.0468 e. The van der Waals surface area contributed by atoms with Gasteiger partial charge in [-0.1, -0.05) is 6.92 Å². The Balaban J connectivity index is 1.77. The third-order valence-electron chi connectivity index (χ3n) is 4.14. The highest BCUT2D eigenvalue weighted by molar-refractivity contribution is 4.87. The second-order valence-electron chi connectivity index (χ2n) is 5.26. The molecule has 0 aromatic heterocycles. The molecule has 88 valence electrons. The monoisotopic (exact) mass is 212 g/mol. The number of ether oxygens (including phenoxy) is 1. The minimum Gasteiger partial charge on any atom is -0.381 e. The SMILES string of the molecule is CC(C1CC1)C(CC1CCOCC1)NN. The maximum absolute atomic E-state index is 5.68. The molecular formula is C12H24N2O. The number of hydrogen-bond donors (Lipinski definition) is 2. The summed E-state index contributed by atoms with van der Waals surface area (Å²) in [6.07, 6.45) is 6.49. The third kappa shape index (κ3) is 3.16. The molecule has 1 aliphatic carbocycles. The molecule has 0 spiro atoms. The van der Waals surface area contributed by atoms with Crippen molar-refractivity contribution in [2.45, 2.75) is 45.1 Å². The highest BCUT2D eigenvalue weighted by Crippen LogP contribution is 2.39. The van der Waals surface area contributed by atoms with E-state index in [1.165, 1.54) is 32.1 Å². The molecule has 0 aromatic rings. The molecule has 3 heteroatoms. The van der Waals surface area contributed by atoms with Crippen LogP contribution < -0.4 is 11.3 Å². The fourth-order valence-corrected chi connectivity index (χ4v) is 2.73. The van der Waals surface area contributed by atoms with E-state index in [9.17, 15) is 0 Å². The molecule has 1 heterocycles. The second-order valence-corrected chi connectivity index (χ2v) is 5.26. The van der Waals surface area contributed by atoms with Gasteiger partial charge in [0, 0.05) is 19.3 Å². The Kier molecular flexibility index (Phi) is 4.00. The molecule has 3 nitrogen and oxygen atoms in total. The van der Waals surface area contributed by atoms with E-state index in [0.29, 0.717) is 6.04 Å². The van der Waals surface area contributed by atoms with Gasteiger partial charge in [0.1, 0.15) is 0 Å². The molecule has 15 heavy (non-hydrogen) atoms. The van der Waals surface area contributed by atoms with Gasteiger partial charge in [-0.25, -0.2) is 0 Å².